The van der Waals surface area contributed by atoms with Gasteiger partial charge in [0.1, 0.15) is 17.3 Å². The number of hydrogen-bond acceptors (Lipinski definition) is 5. The number of nitrogens with zero attached hydrogens (tertiary/aromatic N) is 4. The summed E-state index contributed by atoms with van der Waals surface area (Å²) >= 11 is 6.14. The molecule has 20 heavy (non-hydrogen) atoms. The van der Waals surface area contributed by atoms with Crippen molar-refractivity contribution < 1.29 is 8.42 Å². The van der Waals surface area contributed by atoms with E-state index in [2.05, 4.69) is 21.8 Å². The second-order valence-electron chi connectivity index (χ2n) is 4.87. The molecule has 0 N–H and O–H groups in total. The fourth-order valence-electron chi connectivity index (χ4n) is 2.35. The summed E-state index contributed by atoms with van der Waals surface area (Å²) in [6, 6.07) is 0. The maximum atomic E-state index is 11.5. The zero-order valence-electron chi connectivity index (χ0n) is 11.7. The average molecular weight is 319 g/mol. The van der Waals surface area contributed by atoms with Gasteiger partial charge >= 0.3 is 0 Å². The van der Waals surface area contributed by atoms with Gasteiger partial charge in [0.2, 0.25) is 10.0 Å². The normalized spacial score (nSPS) is 17.4. The van der Waals surface area contributed by atoms with E-state index < -0.39 is 10.0 Å². The van der Waals surface area contributed by atoms with E-state index in [0.29, 0.717) is 31.3 Å². The molecular weight excluding hydrogens is 300 g/mol. The van der Waals surface area contributed by atoms with Gasteiger partial charge in [0, 0.05) is 31.7 Å². The smallest absolute Gasteiger partial charge is 0.211 e. The van der Waals surface area contributed by atoms with E-state index in [1.165, 1.54) is 16.9 Å². The number of rotatable bonds is 4. The minimum atomic E-state index is -3.11. The summed E-state index contributed by atoms with van der Waals surface area (Å²) in [6.45, 7) is 4.28. The van der Waals surface area contributed by atoms with Crippen molar-refractivity contribution >= 4 is 27.4 Å². The van der Waals surface area contributed by atoms with Crippen LogP contribution in [0.3, 0.4) is 0 Å². The molecule has 0 aliphatic carbocycles. The largest absolute Gasteiger partial charge is 0.354 e. The lowest BCUT2D eigenvalue weighted by molar-refractivity contribution is 0.386. The Morgan fingerprint density at radius 1 is 1.25 bits per heavy atom. The van der Waals surface area contributed by atoms with Gasteiger partial charge in [-0.1, -0.05) is 24.9 Å². The molecule has 2 rings (SSSR count). The Morgan fingerprint density at radius 2 is 1.90 bits per heavy atom. The third kappa shape index (κ3) is 3.39. The molecule has 1 fully saturated rings. The van der Waals surface area contributed by atoms with Crippen LogP contribution in [0.5, 0.6) is 0 Å². The molecule has 0 aromatic carbocycles. The molecule has 8 heteroatoms. The third-order valence-corrected chi connectivity index (χ3v) is 5.01. The maximum Gasteiger partial charge on any atom is 0.211 e. The van der Waals surface area contributed by atoms with Crippen molar-refractivity contribution in [3.05, 3.63) is 17.0 Å². The van der Waals surface area contributed by atoms with Crippen LogP contribution in [0.25, 0.3) is 0 Å². The predicted octanol–water partition coefficient (Wildman–Crippen LogP) is 1.16. The van der Waals surface area contributed by atoms with Crippen LogP contribution in [0.2, 0.25) is 5.15 Å². The molecule has 0 unspecified atom stereocenters. The molecule has 112 valence electrons. The average Bonchev–Trinajstić information content (AvgIpc) is 2.40. The lowest BCUT2D eigenvalue weighted by Crippen LogP contribution is -2.48. The van der Waals surface area contributed by atoms with Gasteiger partial charge in [0.15, 0.2) is 0 Å². The molecule has 0 bridgehead atoms. The van der Waals surface area contributed by atoms with Gasteiger partial charge in [-0.3, -0.25) is 0 Å². The zero-order chi connectivity index (χ0) is 14.8. The monoisotopic (exact) mass is 318 g/mol. The summed E-state index contributed by atoms with van der Waals surface area (Å²) in [6.07, 6.45) is 4.48. The Morgan fingerprint density at radius 3 is 2.45 bits per heavy atom. The fraction of sp³-hybridized carbons (Fsp3) is 0.667. The molecule has 0 spiro atoms. The number of anilines is 1. The van der Waals surface area contributed by atoms with Crippen molar-refractivity contribution in [1.82, 2.24) is 14.3 Å². The van der Waals surface area contributed by atoms with E-state index in [1.807, 2.05) is 0 Å². The van der Waals surface area contributed by atoms with Gasteiger partial charge in [0.25, 0.3) is 0 Å². The molecular formula is C12H19ClN4O2S. The second kappa shape index (κ2) is 6.24. The van der Waals surface area contributed by atoms with Crippen LogP contribution in [-0.2, 0) is 16.4 Å². The van der Waals surface area contributed by atoms with Crippen LogP contribution in [0.4, 0.5) is 5.82 Å². The van der Waals surface area contributed by atoms with Crippen LogP contribution < -0.4 is 4.90 Å². The summed E-state index contributed by atoms with van der Waals surface area (Å²) in [4.78, 5) is 10.4. The summed E-state index contributed by atoms with van der Waals surface area (Å²) in [7, 11) is -3.11. The van der Waals surface area contributed by atoms with E-state index in [0.717, 1.165) is 24.2 Å². The Hall–Kier alpha value is -0.920. The quantitative estimate of drug-likeness (QED) is 0.780. The number of halogens is 1. The van der Waals surface area contributed by atoms with Crippen molar-refractivity contribution in [3.8, 4) is 0 Å². The zero-order valence-corrected chi connectivity index (χ0v) is 13.3. The minimum absolute atomic E-state index is 0.478. The first-order valence-electron chi connectivity index (χ1n) is 6.63. The SMILES string of the molecule is CCCc1c(Cl)ncnc1N1CCN(S(C)(=O)=O)CC1. The molecule has 0 atom stereocenters. The predicted molar refractivity (Wildman–Crippen MR) is 79.7 cm³/mol. The van der Waals surface area contributed by atoms with Crippen LogP contribution >= 0.6 is 11.6 Å². The van der Waals surface area contributed by atoms with Crippen molar-refractivity contribution in [2.75, 3.05) is 37.3 Å². The lowest BCUT2D eigenvalue weighted by Gasteiger charge is -2.34. The van der Waals surface area contributed by atoms with Crippen molar-refractivity contribution in [3.63, 3.8) is 0 Å². The molecule has 1 aromatic rings. The number of sulfonamides is 1. The van der Waals surface area contributed by atoms with E-state index in [-0.39, 0.29) is 0 Å². The standard InChI is InChI=1S/C12H19ClN4O2S/c1-3-4-10-11(13)14-9-15-12(10)16-5-7-17(8-6-16)20(2,18)19/h9H,3-8H2,1-2H3. The highest BCUT2D eigenvalue weighted by atomic mass is 35.5. The van der Waals surface area contributed by atoms with Crippen LogP contribution in [0, 0.1) is 0 Å². The topological polar surface area (TPSA) is 66.4 Å². The molecule has 1 aromatic heterocycles. The van der Waals surface area contributed by atoms with E-state index in [1.54, 1.807) is 0 Å². The summed E-state index contributed by atoms with van der Waals surface area (Å²) in [5, 5.41) is 0.488. The van der Waals surface area contributed by atoms with Crippen LogP contribution in [0.15, 0.2) is 6.33 Å². The van der Waals surface area contributed by atoms with Crippen LogP contribution in [0.1, 0.15) is 18.9 Å². The lowest BCUT2D eigenvalue weighted by atomic mass is 10.1. The van der Waals surface area contributed by atoms with Crippen molar-refractivity contribution in [2.45, 2.75) is 19.8 Å². The maximum absolute atomic E-state index is 11.5. The highest BCUT2D eigenvalue weighted by Crippen LogP contribution is 2.25. The first kappa shape index (κ1) is 15.5. The molecule has 6 nitrogen and oxygen atoms in total. The number of piperazine rings is 1. The Bertz CT molecular complexity index is 571. The van der Waals surface area contributed by atoms with Crippen molar-refractivity contribution in [1.29, 1.82) is 0 Å². The van der Waals surface area contributed by atoms with Crippen LogP contribution in [-0.4, -0.2) is 55.1 Å². The second-order valence-corrected chi connectivity index (χ2v) is 7.21. The van der Waals surface area contributed by atoms with Gasteiger partial charge in [0.05, 0.1) is 6.26 Å². The number of aromatic nitrogens is 2. The summed E-state index contributed by atoms with van der Waals surface area (Å²) in [5.41, 5.74) is 0.949. The van der Waals surface area contributed by atoms with Gasteiger partial charge < -0.3 is 4.90 Å². The molecule has 1 aliphatic heterocycles. The molecule has 1 saturated heterocycles. The molecule has 0 saturated carbocycles. The van der Waals surface area contributed by atoms with E-state index in [4.69, 9.17) is 11.6 Å². The summed E-state index contributed by atoms with van der Waals surface area (Å²) < 4.78 is 24.5. The van der Waals surface area contributed by atoms with E-state index in [9.17, 15) is 8.42 Å². The Balaban J connectivity index is 2.17. The van der Waals surface area contributed by atoms with Gasteiger partial charge in [-0.2, -0.15) is 4.31 Å². The highest BCUT2D eigenvalue weighted by molar-refractivity contribution is 7.88. The molecule has 0 radical (unpaired) electrons. The fourth-order valence-corrected chi connectivity index (χ4v) is 3.40. The third-order valence-electron chi connectivity index (χ3n) is 3.38. The molecule has 2 heterocycles. The highest BCUT2D eigenvalue weighted by Gasteiger charge is 2.25. The number of hydrogen-bond donors (Lipinski definition) is 0. The van der Waals surface area contributed by atoms with E-state index >= 15 is 0 Å². The minimum Gasteiger partial charge on any atom is -0.354 e. The Kier molecular flexibility index (Phi) is 4.82. The Labute approximate surface area is 124 Å². The van der Waals surface area contributed by atoms with Gasteiger partial charge in [-0.05, 0) is 6.42 Å². The first-order valence-corrected chi connectivity index (χ1v) is 8.85. The van der Waals surface area contributed by atoms with Gasteiger partial charge in [-0.25, -0.2) is 18.4 Å². The molecule has 0 amide bonds. The van der Waals surface area contributed by atoms with Crippen molar-refractivity contribution in [2.24, 2.45) is 0 Å². The molecule has 1 aliphatic rings. The van der Waals surface area contributed by atoms with Gasteiger partial charge in [-0.15, -0.1) is 0 Å². The first-order chi connectivity index (χ1) is 9.43. The summed E-state index contributed by atoms with van der Waals surface area (Å²) in [5.74, 6) is 0.833.